The molecule has 0 amide bonds. The third-order valence-electron chi connectivity index (χ3n) is 4.12. The maximum Gasteiger partial charge on any atom is 0.0548 e. The Kier molecular flexibility index (Phi) is 3.26. The second-order valence-corrected chi connectivity index (χ2v) is 5.49. The van der Waals surface area contributed by atoms with E-state index in [1.807, 2.05) is 0 Å². The highest BCUT2D eigenvalue weighted by Gasteiger charge is 2.24. The summed E-state index contributed by atoms with van der Waals surface area (Å²) < 4.78 is 0. The Morgan fingerprint density at radius 3 is 2.80 bits per heavy atom. The minimum absolute atomic E-state index is 0. The van der Waals surface area contributed by atoms with Crippen LogP contribution in [0.3, 0.4) is 0 Å². The average molecular weight is 267 g/mol. The number of rotatable bonds is 2. The van der Waals surface area contributed by atoms with E-state index in [-0.39, 0.29) is 1.43 Å². The molecule has 1 unspecified atom stereocenters. The number of nitrogens with two attached hydrogens (primary N) is 1. The van der Waals surface area contributed by atoms with Crippen molar-refractivity contribution in [1.82, 2.24) is 4.98 Å². The molecule has 3 rings (SSSR count). The van der Waals surface area contributed by atoms with Crippen molar-refractivity contribution in [2.75, 3.05) is 5.73 Å². The summed E-state index contributed by atoms with van der Waals surface area (Å²) in [7, 11) is 0. The second-order valence-electron chi connectivity index (χ2n) is 5.49. The number of nitrogen functional groups attached to an aromatic ring is 1. The van der Waals surface area contributed by atoms with Gasteiger partial charge in [0.1, 0.15) is 0 Å². The van der Waals surface area contributed by atoms with Crippen molar-refractivity contribution in [3.8, 4) is 0 Å². The van der Waals surface area contributed by atoms with Gasteiger partial charge in [-0.3, -0.25) is 4.98 Å². The van der Waals surface area contributed by atoms with Gasteiger partial charge < -0.3 is 11.1 Å². The molecule has 3 heteroatoms. The molecule has 0 radical (unpaired) electrons. The molecule has 1 atom stereocenters. The van der Waals surface area contributed by atoms with Gasteiger partial charge in [-0.1, -0.05) is 24.3 Å². The van der Waals surface area contributed by atoms with E-state index in [9.17, 15) is 0 Å². The number of hydrogen-bond donors (Lipinski definition) is 2. The third kappa shape index (κ3) is 2.20. The van der Waals surface area contributed by atoms with Gasteiger partial charge >= 0.3 is 0 Å². The summed E-state index contributed by atoms with van der Waals surface area (Å²) in [4.78, 5) is 4.54. The predicted octanol–water partition coefficient (Wildman–Crippen LogP) is 3.57. The molecule has 1 aromatic carbocycles. The number of fused-ring (bicyclic) bond motifs is 1. The molecule has 0 fully saturated rings. The van der Waals surface area contributed by atoms with Crippen LogP contribution >= 0.6 is 0 Å². The fraction of sp³-hybridized carbons (Fsp3) is 0.294. The highest BCUT2D eigenvalue weighted by molar-refractivity contribution is 6.02. The first kappa shape index (κ1) is 12.9. The van der Waals surface area contributed by atoms with Gasteiger partial charge in [-0.15, -0.1) is 0 Å². The smallest absolute Gasteiger partial charge is 0.0548 e. The number of pyridine rings is 1. The Labute approximate surface area is 120 Å². The SMILES string of the molecule is CC(=N)c1c(N)ccnc1C1CCc2ccccc2C1.[HH]. The summed E-state index contributed by atoms with van der Waals surface area (Å²) in [6.45, 7) is 1.79. The average Bonchev–Trinajstić information content (AvgIpc) is 2.46. The van der Waals surface area contributed by atoms with E-state index in [0.717, 1.165) is 30.5 Å². The standard InChI is InChI=1S/C17H19N3.H2/c1-11(18)16-15(19)8-9-20-17(16)14-7-6-12-4-2-3-5-13(12)10-14;/h2-5,8-9,14,18H,6-7,10H2,1H3,(H2,19,20);1H. The first-order chi connectivity index (χ1) is 9.66. The first-order valence-corrected chi connectivity index (χ1v) is 7.03. The summed E-state index contributed by atoms with van der Waals surface area (Å²) in [6, 6.07) is 10.4. The van der Waals surface area contributed by atoms with Gasteiger partial charge in [-0.25, -0.2) is 0 Å². The van der Waals surface area contributed by atoms with Crippen molar-refractivity contribution in [2.24, 2.45) is 0 Å². The van der Waals surface area contributed by atoms with E-state index in [1.165, 1.54) is 11.1 Å². The monoisotopic (exact) mass is 267 g/mol. The van der Waals surface area contributed by atoms with Crippen LogP contribution in [0.5, 0.6) is 0 Å². The number of aryl methyl sites for hydroxylation is 1. The molecule has 0 spiro atoms. The predicted molar refractivity (Wildman–Crippen MR) is 84.5 cm³/mol. The van der Waals surface area contributed by atoms with Gasteiger partial charge in [0, 0.05) is 30.5 Å². The van der Waals surface area contributed by atoms with Gasteiger partial charge in [0.25, 0.3) is 0 Å². The molecular formula is C17H21N3. The van der Waals surface area contributed by atoms with E-state index < -0.39 is 0 Å². The number of aromatic nitrogens is 1. The highest BCUT2D eigenvalue weighted by Crippen LogP contribution is 2.34. The van der Waals surface area contributed by atoms with E-state index in [2.05, 4.69) is 29.2 Å². The van der Waals surface area contributed by atoms with Crippen molar-refractivity contribution >= 4 is 11.4 Å². The van der Waals surface area contributed by atoms with Crippen molar-refractivity contribution < 1.29 is 1.43 Å². The molecule has 1 aliphatic carbocycles. The zero-order valence-electron chi connectivity index (χ0n) is 11.7. The molecule has 2 aromatic rings. The Balaban J connectivity index is 0.00000161. The zero-order valence-corrected chi connectivity index (χ0v) is 11.7. The number of hydrogen-bond acceptors (Lipinski definition) is 3. The molecule has 0 saturated heterocycles. The number of anilines is 1. The molecule has 0 saturated carbocycles. The Hall–Kier alpha value is -2.16. The van der Waals surface area contributed by atoms with Crippen LogP contribution in [0.4, 0.5) is 5.69 Å². The Morgan fingerprint density at radius 2 is 2.05 bits per heavy atom. The lowest BCUT2D eigenvalue weighted by Crippen LogP contribution is -2.17. The molecule has 1 aromatic heterocycles. The summed E-state index contributed by atoms with van der Waals surface area (Å²) >= 11 is 0. The Morgan fingerprint density at radius 1 is 1.30 bits per heavy atom. The molecule has 1 heterocycles. The van der Waals surface area contributed by atoms with Gasteiger partial charge in [-0.05, 0) is 43.4 Å². The molecule has 20 heavy (non-hydrogen) atoms. The van der Waals surface area contributed by atoms with Crippen molar-refractivity contribution in [2.45, 2.75) is 32.1 Å². The Bertz CT molecular complexity index is 667. The fourth-order valence-corrected chi connectivity index (χ4v) is 3.14. The van der Waals surface area contributed by atoms with Crippen molar-refractivity contribution in [1.29, 1.82) is 5.41 Å². The zero-order chi connectivity index (χ0) is 14.1. The van der Waals surface area contributed by atoms with Gasteiger partial charge in [0.05, 0.1) is 5.69 Å². The van der Waals surface area contributed by atoms with E-state index in [1.54, 1.807) is 19.2 Å². The molecule has 104 valence electrons. The molecule has 0 bridgehead atoms. The lowest BCUT2D eigenvalue weighted by molar-refractivity contribution is 0.570. The summed E-state index contributed by atoms with van der Waals surface area (Å²) in [6.07, 6.45) is 4.91. The second kappa shape index (κ2) is 5.08. The molecule has 3 N–H and O–H groups in total. The topological polar surface area (TPSA) is 62.8 Å². The molecular weight excluding hydrogens is 246 g/mol. The van der Waals surface area contributed by atoms with Crippen LogP contribution < -0.4 is 5.73 Å². The maximum atomic E-state index is 7.96. The van der Waals surface area contributed by atoms with E-state index in [4.69, 9.17) is 11.1 Å². The largest absolute Gasteiger partial charge is 0.398 e. The number of nitrogens with one attached hydrogen (secondary N) is 1. The summed E-state index contributed by atoms with van der Waals surface area (Å²) in [5.41, 5.74) is 11.9. The fourth-order valence-electron chi connectivity index (χ4n) is 3.14. The molecule has 3 nitrogen and oxygen atoms in total. The van der Waals surface area contributed by atoms with Crippen molar-refractivity contribution in [3.63, 3.8) is 0 Å². The summed E-state index contributed by atoms with van der Waals surface area (Å²) in [5, 5.41) is 7.96. The van der Waals surface area contributed by atoms with Crippen LogP contribution in [0, 0.1) is 5.41 Å². The summed E-state index contributed by atoms with van der Waals surface area (Å²) in [5.74, 6) is 0.365. The third-order valence-corrected chi connectivity index (χ3v) is 4.12. The minimum atomic E-state index is 0. The first-order valence-electron chi connectivity index (χ1n) is 7.03. The van der Waals surface area contributed by atoms with E-state index >= 15 is 0 Å². The van der Waals surface area contributed by atoms with Gasteiger partial charge in [-0.2, -0.15) is 0 Å². The van der Waals surface area contributed by atoms with Gasteiger partial charge in [0.2, 0.25) is 0 Å². The molecule has 1 aliphatic rings. The van der Waals surface area contributed by atoms with Crippen molar-refractivity contribution in [3.05, 3.63) is 58.9 Å². The van der Waals surface area contributed by atoms with Crippen LogP contribution in [0.1, 0.15) is 43.1 Å². The maximum absolute atomic E-state index is 7.96. The number of nitrogens with zero attached hydrogens (tertiary/aromatic N) is 1. The van der Waals surface area contributed by atoms with Crippen LogP contribution in [0.15, 0.2) is 36.5 Å². The normalized spacial score (nSPS) is 17.6. The van der Waals surface area contributed by atoms with Crippen LogP contribution in [0.2, 0.25) is 0 Å². The van der Waals surface area contributed by atoms with Gasteiger partial charge in [0.15, 0.2) is 0 Å². The number of benzene rings is 1. The lowest BCUT2D eigenvalue weighted by atomic mass is 9.80. The van der Waals surface area contributed by atoms with Crippen LogP contribution in [-0.2, 0) is 12.8 Å². The minimum Gasteiger partial charge on any atom is -0.398 e. The lowest BCUT2D eigenvalue weighted by Gasteiger charge is -2.26. The van der Waals surface area contributed by atoms with E-state index in [0.29, 0.717) is 17.3 Å². The molecule has 0 aliphatic heterocycles. The van der Waals surface area contributed by atoms with Crippen LogP contribution in [0.25, 0.3) is 0 Å². The highest BCUT2D eigenvalue weighted by atomic mass is 14.7. The quantitative estimate of drug-likeness (QED) is 0.817. The van der Waals surface area contributed by atoms with Crippen LogP contribution in [-0.4, -0.2) is 10.7 Å².